The van der Waals surface area contributed by atoms with Crippen molar-refractivity contribution >= 4 is 25.6 Å². The van der Waals surface area contributed by atoms with Crippen molar-refractivity contribution in [3.8, 4) is 0 Å². The van der Waals surface area contributed by atoms with Gasteiger partial charge in [0.15, 0.2) is 7.98 Å². The molecule has 1 aliphatic carbocycles. The van der Waals surface area contributed by atoms with Crippen molar-refractivity contribution in [2.24, 2.45) is 10.5 Å². The molecule has 2 radical (unpaired) electrons. The smallest absolute Gasteiger partial charge is 0.182 e. The molecule has 0 unspecified atom stereocenters. The molecule has 0 N–H and O–H groups in total. The summed E-state index contributed by atoms with van der Waals surface area (Å²) < 4.78 is 0. The topological polar surface area (TPSA) is 22.1 Å². The van der Waals surface area contributed by atoms with Gasteiger partial charge in [-0.15, -0.1) is 0 Å². The number of rotatable bonds is 3. The molecule has 5 heteroatoms. The average molecular weight is 378 g/mol. The Balaban J connectivity index is 0.000000660. The highest BCUT2D eigenvalue weighted by molar-refractivity contribution is 6.05. The first-order valence-corrected chi connectivity index (χ1v) is 10.5. The third-order valence-corrected chi connectivity index (χ3v) is 5.75. The van der Waals surface area contributed by atoms with E-state index < -0.39 is 0 Å². The first-order chi connectivity index (χ1) is 13.4. The third kappa shape index (κ3) is 3.77. The van der Waals surface area contributed by atoms with Gasteiger partial charge in [-0.05, 0) is 56.1 Å². The monoisotopic (exact) mass is 378 g/mol. The molecule has 1 aromatic carbocycles. The van der Waals surface area contributed by atoms with E-state index in [0.717, 1.165) is 24.4 Å². The summed E-state index contributed by atoms with van der Waals surface area (Å²) in [5.74, 6) is 0. The lowest BCUT2D eigenvalue weighted by atomic mass is 9.59. The minimum absolute atomic E-state index is 0.434. The maximum atomic E-state index is 5.83. The van der Waals surface area contributed by atoms with Crippen LogP contribution in [0.5, 0.6) is 0 Å². The molecule has 3 aliphatic rings. The van der Waals surface area contributed by atoms with E-state index in [1.54, 1.807) is 0 Å². The minimum atomic E-state index is 0.434. The summed E-state index contributed by atoms with van der Waals surface area (Å²) in [4.78, 5) is 4.22. The Morgan fingerprint density at radius 2 is 1.82 bits per heavy atom. The van der Waals surface area contributed by atoms with Gasteiger partial charge in [0.25, 0.3) is 0 Å². The van der Waals surface area contributed by atoms with E-state index in [1.165, 1.54) is 29.7 Å². The summed E-state index contributed by atoms with van der Waals surface area (Å²) in [6.07, 6.45) is 6.25. The van der Waals surface area contributed by atoms with Crippen LogP contribution in [0.25, 0.3) is 5.70 Å². The van der Waals surface area contributed by atoms with E-state index >= 15 is 0 Å². The number of nitrogens with zero attached hydrogens (tertiary/aromatic N) is 4. The van der Waals surface area contributed by atoms with E-state index in [0.29, 0.717) is 11.5 Å². The first kappa shape index (κ1) is 22.3. The first-order valence-electron chi connectivity index (χ1n) is 10.5. The van der Waals surface area contributed by atoms with Gasteiger partial charge in [-0.3, -0.25) is 5.01 Å². The van der Waals surface area contributed by atoms with E-state index in [9.17, 15) is 0 Å². The summed E-state index contributed by atoms with van der Waals surface area (Å²) >= 11 is 0. The van der Waals surface area contributed by atoms with Gasteiger partial charge in [0, 0.05) is 24.2 Å². The second kappa shape index (κ2) is 9.00. The molecule has 0 aromatic heterocycles. The second-order valence-electron chi connectivity index (χ2n) is 7.46. The quantitative estimate of drug-likeness (QED) is 0.706. The van der Waals surface area contributed by atoms with E-state index in [-0.39, 0.29) is 0 Å². The lowest BCUT2D eigenvalue weighted by molar-refractivity contribution is -0.0226. The zero-order chi connectivity index (χ0) is 21.1. The number of hydrogen-bond acceptors (Lipinski definition) is 4. The van der Waals surface area contributed by atoms with Crippen molar-refractivity contribution in [1.82, 2.24) is 9.82 Å². The fourth-order valence-corrected chi connectivity index (χ4v) is 4.49. The zero-order valence-corrected chi connectivity index (χ0v) is 18.5. The van der Waals surface area contributed by atoms with Crippen LogP contribution in [-0.4, -0.2) is 50.2 Å². The molecule has 0 bridgehead atoms. The largest absolute Gasteiger partial charge is 0.352 e. The van der Waals surface area contributed by atoms with Crippen LogP contribution >= 0.6 is 0 Å². The van der Waals surface area contributed by atoms with Crippen LogP contribution in [-0.2, 0) is 0 Å². The Bertz CT molecular complexity index is 741. The summed E-state index contributed by atoms with van der Waals surface area (Å²) in [7, 11) is 7.77. The lowest BCUT2D eigenvalue weighted by Crippen LogP contribution is -2.65. The lowest BCUT2D eigenvalue weighted by Gasteiger charge is -2.61. The number of hydrogen-bond donors (Lipinski definition) is 0. The number of benzene rings is 1. The standard InChI is InChI=1S/C19H23BN4.2C2H6/c1-5-24(15-8-19(9-15)11-23(20)12-19)17-7-6-13(2)18-14(3)22(4)21-10-16(17)18;2*1-2/h5-7,10,15H,1,3,8-9,11-12H2,2,4H3;2*1-2H3. The fourth-order valence-electron chi connectivity index (χ4n) is 4.49. The van der Waals surface area contributed by atoms with Crippen LogP contribution in [0.2, 0.25) is 0 Å². The summed E-state index contributed by atoms with van der Waals surface area (Å²) in [6, 6.07) is 4.84. The molecule has 2 aliphatic heterocycles. The van der Waals surface area contributed by atoms with Crippen LogP contribution in [0.1, 0.15) is 57.2 Å². The van der Waals surface area contributed by atoms with Gasteiger partial charge in [-0.1, -0.05) is 46.9 Å². The molecular weight excluding hydrogens is 343 g/mol. The molecular formula is C23H35BN4. The Hall–Kier alpha value is -2.01. The molecule has 0 amide bonds. The molecule has 4 nitrogen and oxygen atoms in total. The highest BCUT2D eigenvalue weighted by Crippen LogP contribution is 2.51. The number of aryl methyl sites for hydroxylation is 1. The van der Waals surface area contributed by atoms with Crippen LogP contribution in [0.4, 0.5) is 5.69 Å². The maximum Gasteiger partial charge on any atom is 0.182 e. The minimum Gasteiger partial charge on any atom is -0.352 e. The predicted octanol–water partition coefficient (Wildman–Crippen LogP) is 4.80. The average Bonchev–Trinajstić information content (AvgIpc) is 2.66. The van der Waals surface area contributed by atoms with Crippen molar-refractivity contribution in [1.29, 1.82) is 0 Å². The predicted molar refractivity (Wildman–Crippen MR) is 124 cm³/mol. The van der Waals surface area contributed by atoms with Crippen molar-refractivity contribution < 1.29 is 0 Å². The molecule has 1 spiro atoms. The van der Waals surface area contributed by atoms with Gasteiger partial charge >= 0.3 is 0 Å². The number of fused-ring (bicyclic) bond motifs is 1. The Kier molecular flexibility index (Phi) is 7.16. The molecule has 1 saturated carbocycles. The van der Waals surface area contributed by atoms with Gasteiger partial charge < -0.3 is 9.71 Å². The molecule has 1 saturated heterocycles. The molecule has 28 heavy (non-hydrogen) atoms. The number of anilines is 1. The third-order valence-electron chi connectivity index (χ3n) is 5.75. The van der Waals surface area contributed by atoms with Crippen molar-refractivity contribution in [3.05, 3.63) is 48.2 Å². The molecule has 2 heterocycles. The van der Waals surface area contributed by atoms with Gasteiger partial charge in [0.05, 0.1) is 17.6 Å². The molecule has 0 atom stereocenters. The summed E-state index contributed by atoms with van der Waals surface area (Å²) in [5, 5.41) is 6.30. The van der Waals surface area contributed by atoms with E-state index in [4.69, 9.17) is 7.98 Å². The fraction of sp³-hybridized carbons (Fsp3) is 0.522. The molecule has 2 fully saturated rings. The molecule has 1 aromatic rings. The second-order valence-corrected chi connectivity index (χ2v) is 7.46. The normalized spacial score (nSPS) is 19.4. The van der Waals surface area contributed by atoms with Crippen molar-refractivity contribution in [2.45, 2.75) is 53.5 Å². The molecule has 4 rings (SSSR count). The SMILES string of the molecule is CC.CC.[B]N1CC2(CC(N(C=C)c3ccc(C)c4c3C=NN(C)C4=C)C2)C1. The van der Waals surface area contributed by atoms with Crippen LogP contribution in [0, 0.1) is 12.3 Å². The Labute approximate surface area is 173 Å². The van der Waals surface area contributed by atoms with Gasteiger partial charge in [-0.25, -0.2) is 0 Å². The summed E-state index contributed by atoms with van der Waals surface area (Å²) in [5.41, 5.74) is 6.11. The molecule has 150 valence electrons. The highest BCUT2D eigenvalue weighted by atomic mass is 15.4. The number of hydrazone groups is 1. The van der Waals surface area contributed by atoms with E-state index in [2.05, 4.69) is 42.2 Å². The van der Waals surface area contributed by atoms with E-state index in [1.807, 2.05) is 57.0 Å². The van der Waals surface area contributed by atoms with Gasteiger partial charge in [0.1, 0.15) is 0 Å². The Morgan fingerprint density at radius 1 is 1.21 bits per heavy atom. The van der Waals surface area contributed by atoms with Crippen LogP contribution < -0.4 is 4.90 Å². The van der Waals surface area contributed by atoms with Crippen LogP contribution in [0.15, 0.2) is 36.6 Å². The summed E-state index contributed by atoms with van der Waals surface area (Å²) in [6.45, 7) is 20.4. The van der Waals surface area contributed by atoms with Crippen LogP contribution in [0.3, 0.4) is 0 Å². The van der Waals surface area contributed by atoms with Gasteiger partial charge in [-0.2, -0.15) is 5.10 Å². The van der Waals surface area contributed by atoms with Crippen molar-refractivity contribution in [2.75, 3.05) is 25.0 Å². The maximum absolute atomic E-state index is 5.83. The zero-order valence-electron chi connectivity index (χ0n) is 18.5. The van der Waals surface area contributed by atoms with Gasteiger partial charge in [0.2, 0.25) is 0 Å². The Morgan fingerprint density at radius 3 is 2.36 bits per heavy atom. The highest BCUT2D eigenvalue weighted by Gasteiger charge is 2.52. The van der Waals surface area contributed by atoms with Crippen molar-refractivity contribution in [3.63, 3.8) is 0 Å².